The van der Waals surface area contributed by atoms with Gasteiger partial charge in [0.15, 0.2) is 0 Å². The van der Waals surface area contributed by atoms with E-state index in [2.05, 4.69) is 10.4 Å². The Balaban J connectivity index is 1.77. The van der Waals surface area contributed by atoms with E-state index in [1.165, 1.54) is 0 Å². The molecule has 132 valence electrons. The predicted molar refractivity (Wildman–Crippen MR) is 94.5 cm³/mol. The van der Waals surface area contributed by atoms with Gasteiger partial charge in [-0.1, -0.05) is 30.3 Å². The number of piperidine rings is 1. The monoisotopic (exact) mass is 340 g/mol. The van der Waals surface area contributed by atoms with Crippen molar-refractivity contribution in [2.75, 3.05) is 7.05 Å². The molecule has 1 aromatic carbocycles. The van der Waals surface area contributed by atoms with Gasteiger partial charge < -0.3 is 10.2 Å². The molecule has 0 radical (unpaired) electrons. The third kappa shape index (κ3) is 3.43. The molecule has 3 rings (SSSR count). The maximum absolute atomic E-state index is 12.8. The quantitative estimate of drug-likeness (QED) is 0.925. The summed E-state index contributed by atoms with van der Waals surface area (Å²) in [7, 11) is 3.67. The van der Waals surface area contributed by atoms with E-state index >= 15 is 0 Å². The van der Waals surface area contributed by atoms with Crippen LogP contribution in [0, 0.1) is 12.8 Å². The largest absolute Gasteiger partial charge is 0.352 e. The van der Waals surface area contributed by atoms with Gasteiger partial charge in [0.1, 0.15) is 0 Å². The van der Waals surface area contributed by atoms with Crippen LogP contribution in [0.5, 0.6) is 0 Å². The average Bonchev–Trinajstić information content (AvgIpc) is 2.94. The van der Waals surface area contributed by atoms with Gasteiger partial charge in [0.05, 0.1) is 18.2 Å². The topological polar surface area (TPSA) is 67.2 Å². The Morgan fingerprint density at radius 1 is 1.28 bits per heavy atom. The first-order chi connectivity index (χ1) is 12.0. The average molecular weight is 340 g/mol. The molecule has 2 amide bonds. The minimum Gasteiger partial charge on any atom is -0.352 e. The third-order valence-electron chi connectivity index (χ3n) is 5.13. The number of carbonyl (C=O) groups excluding carboxylic acids is 2. The van der Waals surface area contributed by atoms with Crippen LogP contribution in [0.25, 0.3) is 0 Å². The van der Waals surface area contributed by atoms with Gasteiger partial charge in [-0.2, -0.15) is 5.10 Å². The van der Waals surface area contributed by atoms with Crippen LogP contribution in [0.1, 0.15) is 35.7 Å². The lowest BCUT2D eigenvalue weighted by atomic mass is 9.84. The molecule has 0 bridgehead atoms. The molecular formula is C19H24N4O2. The first-order valence-electron chi connectivity index (χ1n) is 8.55. The third-order valence-corrected chi connectivity index (χ3v) is 5.13. The summed E-state index contributed by atoms with van der Waals surface area (Å²) in [4.78, 5) is 26.7. The lowest BCUT2D eigenvalue weighted by Crippen LogP contribution is -2.46. The maximum Gasteiger partial charge on any atom is 0.225 e. The second-order valence-electron chi connectivity index (χ2n) is 6.60. The maximum atomic E-state index is 12.8. The number of carbonyl (C=O) groups is 2. The summed E-state index contributed by atoms with van der Waals surface area (Å²) in [6, 6.07) is 9.55. The molecule has 1 aliphatic rings. The highest BCUT2D eigenvalue weighted by molar-refractivity contribution is 5.84. The Morgan fingerprint density at radius 2 is 2.00 bits per heavy atom. The number of amides is 2. The normalized spacial score (nSPS) is 20.6. The van der Waals surface area contributed by atoms with E-state index in [9.17, 15) is 9.59 Å². The molecule has 2 atom stereocenters. The summed E-state index contributed by atoms with van der Waals surface area (Å²) in [6.45, 7) is 2.43. The molecule has 1 fully saturated rings. The van der Waals surface area contributed by atoms with Gasteiger partial charge in [-0.05, 0) is 18.9 Å². The molecule has 1 saturated heterocycles. The Kier molecular flexibility index (Phi) is 4.88. The number of nitrogens with one attached hydrogen (secondary N) is 1. The number of likely N-dealkylation sites (tertiary alicyclic amines) is 1. The van der Waals surface area contributed by atoms with Gasteiger partial charge in [-0.25, -0.2) is 0 Å². The van der Waals surface area contributed by atoms with Crippen LogP contribution in [0.15, 0.2) is 36.5 Å². The van der Waals surface area contributed by atoms with E-state index in [0.717, 1.165) is 16.8 Å². The molecule has 6 nitrogen and oxygen atoms in total. The molecular weight excluding hydrogens is 316 g/mol. The lowest BCUT2D eigenvalue weighted by molar-refractivity contribution is -0.141. The highest BCUT2D eigenvalue weighted by Gasteiger charge is 2.38. The zero-order chi connectivity index (χ0) is 18.0. The summed E-state index contributed by atoms with van der Waals surface area (Å²) >= 11 is 0. The van der Waals surface area contributed by atoms with Crippen molar-refractivity contribution in [3.8, 4) is 0 Å². The summed E-state index contributed by atoms with van der Waals surface area (Å²) in [5, 5.41) is 7.23. The fourth-order valence-corrected chi connectivity index (χ4v) is 3.45. The highest BCUT2D eigenvalue weighted by atomic mass is 16.2. The predicted octanol–water partition coefficient (Wildman–Crippen LogP) is 1.95. The van der Waals surface area contributed by atoms with E-state index in [1.807, 2.05) is 44.3 Å². The lowest BCUT2D eigenvalue weighted by Gasteiger charge is -2.38. The summed E-state index contributed by atoms with van der Waals surface area (Å²) in [5.74, 6) is -0.181. The standard InChI is InChI=1S/C19H24N4O2/c1-13-15(12-21-23(13)3)11-20-19(25)16-9-10-17(24)22(2)18(16)14-7-5-4-6-8-14/h4-8,12,16,18H,9-11H2,1-3H3,(H,20,25)/t16-,18+/m1/s1. The van der Waals surface area contributed by atoms with Crippen molar-refractivity contribution in [3.63, 3.8) is 0 Å². The molecule has 2 aromatic rings. The zero-order valence-electron chi connectivity index (χ0n) is 14.9. The van der Waals surface area contributed by atoms with Crippen molar-refractivity contribution in [3.05, 3.63) is 53.3 Å². The van der Waals surface area contributed by atoms with Crippen LogP contribution in [0.4, 0.5) is 0 Å². The second kappa shape index (κ2) is 7.09. The van der Waals surface area contributed by atoms with Gasteiger partial charge in [0.2, 0.25) is 11.8 Å². The van der Waals surface area contributed by atoms with Crippen molar-refractivity contribution in [1.29, 1.82) is 0 Å². The summed E-state index contributed by atoms with van der Waals surface area (Å²) in [6.07, 6.45) is 2.76. The number of hydrogen-bond acceptors (Lipinski definition) is 3. The Labute approximate surface area is 147 Å². The second-order valence-corrected chi connectivity index (χ2v) is 6.60. The smallest absolute Gasteiger partial charge is 0.225 e. The SMILES string of the molecule is Cc1c(CNC(=O)[C@@H]2CCC(=O)N(C)[C@H]2c2ccccc2)cnn1C. The number of aromatic nitrogens is 2. The van der Waals surface area contributed by atoms with Gasteiger partial charge >= 0.3 is 0 Å². The molecule has 25 heavy (non-hydrogen) atoms. The van der Waals surface area contributed by atoms with Crippen molar-refractivity contribution in [2.45, 2.75) is 32.4 Å². The van der Waals surface area contributed by atoms with Crippen LogP contribution >= 0.6 is 0 Å². The minimum absolute atomic E-state index is 0.0172. The molecule has 1 aromatic heterocycles. The van der Waals surface area contributed by atoms with E-state index in [0.29, 0.717) is 19.4 Å². The Bertz CT molecular complexity index is 769. The molecule has 0 spiro atoms. The number of benzene rings is 1. The van der Waals surface area contributed by atoms with Crippen molar-refractivity contribution in [1.82, 2.24) is 20.0 Å². The Morgan fingerprint density at radius 3 is 2.64 bits per heavy atom. The minimum atomic E-state index is -0.248. The van der Waals surface area contributed by atoms with Gasteiger partial charge in [0.25, 0.3) is 0 Å². The van der Waals surface area contributed by atoms with Crippen LogP contribution in [0.3, 0.4) is 0 Å². The fourth-order valence-electron chi connectivity index (χ4n) is 3.45. The van der Waals surface area contributed by atoms with Crippen molar-refractivity contribution < 1.29 is 9.59 Å². The van der Waals surface area contributed by atoms with E-state index in [-0.39, 0.29) is 23.8 Å². The van der Waals surface area contributed by atoms with Crippen LogP contribution in [0.2, 0.25) is 0 Å². The molecule has 2 heterocycles. The first kappa shape index (κ1) is 17.2. The number of rotatable bonds is 4. The fraction of sp³-hybridized carbons (Fsp3) is 0.421. The molecule has 0 saturated carbocycles. The number of aryl methyl sites for hydroxylation is 1. The van der Waals surface area contributed by atoms with E-state index in [4.69, 9.17) is 0 Å². The van der Waals surface area contributed by atoms with E-state index < -0.39 is 0 Å². The van der Waals surface area contributed by atoms with Gasteiger partial charge in [-0.15, -0.1) is 0 Å². The van der Waals surface area contributed by atoms with Crippen LogP contribution in [-0.4, -0.2) is 33.5 Å². The number of nitrogens with zero attached hydrogens (tertiary/aromatic N) is 3. The number of hydrogen-bond donors (Lipinski definition) is 1. The molecule has 6 heteroatoms. The van der Waals surface area contributed by atoms with Gasteiger partial charge in [-0.3, -0.25) is 14.3 Å². The molecule has 0 unspecified atom stereocenters. The van der Waals surface area contributed by atoms with E-state index in [1.54, 1.807) is 22.8 Å². The molecule has 1 N–H and O–H groups in total. The summed E-state index contributed by atoms with van der Waals surface area (Å²) < 4.78 is 1.79. The highest BCUT2D eigenvalue weighted by Crippen LogP contribution is 2.35. The molecule has 0 aliphatic carbocycles. The van der Waals surface area contributed by atoms with Crippen molar-refractivity contribution in [2.24, 2.45) is 13.0 Å². The van der Waals surface area contributed by atoms with Crippen LogP contribution in [-0.2, 0) is 23.2 Å². The van der Waals surface area contributed by atoms with Crippen molar-refractivity contribution >= 4 is 11.8 Å². The summed E-state index contributed by atoms with van der Waals surface area (Å²) in [5.41, 5.74) is 3.04. The Hall–Kier alpha value is -2.63. The molecule has 1 aliphatic heterocycles. The van der Waals surface area contributed by atoms with Crippen LogP contribution < -0.4 is 5.32 Å². The van der Waals surface area contributed by atoms with Gasteiger partial charge in [0, 0.05) is 38.3 Å². The zero-order valence-corrected chi connectivity index (χ0v) is 14.9. The first-order valence-corrected chi connectivity index (χ1v) is 8.55.